The predicted molar refractivity (Wildman–Crippen MR) is 105 cm³/mol. The quantitative estimate of drug-likeness (QED) is 0.582. The zero-order valence-electron chi connectivity index (χ0n) is 14.6. The molecule has 0 amide bonds. The third kappa shape index (κ3) is 3.00. The second-order valence-electron chi connectivity index (χ2n) is 6.09. The van der Waals surface area contributed by atoms with Crippen LogP contribution < -0.4 is 9.47 Å². The van der Waals surface area contributed by atoms with E-state index >= 15 is 0 Å². The van der Waals surface area contributed by atoms with Crippen molar-refractivity contribution >= 4 is 33.0 Å². The van der Waals surface area contributed by atoms with Crippen molar-refractivity contribution in [2.24, 2.45) is 0 Å². The SMILES string of the molecule is COc1ccc2c(c1)C=C[C](=[Ni])/C2=C\c1cccc2cc(OC)ccc12. The Hall–Kier alpha value is -2.64. The molecule has 0 saturated heterocycles. The summed E-state index contributed by atoms with van der Waals surface area (Å²) in [6, 6.07) is 18.5. The molecule has 0 radical (unpaired) electrons. The van der Waals surface area contributed by atoms with E-state index in [1.807, 2.05) is 24.3 Å². The number of hydrogen-bond donors (Lipinski definition) is 0. The molecule has 26 heavy (non-hydrogen) atoms. The van der Waals surface area contributed by atoms with Crippen LogP contribution in [0.1, 0.15) is 16.7 Å². The van der Waals surface area contributed by atoms with Gasteiger partial charge in [0.2, 0.25) is 0 Å². The Bertz CT molecular complexity index is 1080. The molecule has 2 nitrogen and oxygen atoms in total. The molecule has 1 aliphatic carbocycles. The minimum atomic E-state index is 0.849. The normalized spacial score (nSPS) is 14.6. The van der Waals surface area contributed by atoms with Crippen molar-refractivity contribution in [3.8, 4) is 11.5 Å². The van der Waals surface area contributed by atoms with Crippen molar-refractivity contribution in [2.45, 2.75) is 0 Å². The number of fused-ring (bicyclic) bond motifs is 2. The van der Waals surface area contributed by atoms with Crippen LogP contribution in [0.2, 0.25) is 0 Å². The van der Waals surface area contributed by atoms with Crippen molar-refractivity contribution in [2.75, 3.05) is 14.2 Å². The second kappa shape index (κ2) is 6.94. The molecule has 0 atom stereocenters. The zero-order chi connectivity index (χ0) is 18.1. The van der Waals surface area contributed by atoms with E-state index in [9.17, 15) is 0 Å². The van der Waals surface area contributed by atoms with Gasteiger partial charge in [-0.2, -0.15) is 0 Å². The average molecular weight is 385 g/mol. The summed E-state index contributed by atoms with van der Waals surface area (Å²) in [6.07, 6.45) is 6.24. The van der Waals surface area contributed by atoms with Gasteiger partial charge in [-0.25, -0.2) is 0 Å². The van der Waals surface area contributed by atoms with E-state index < -0.39 is 0 Å². The van der Waals surface area contributed by atoms with Gasteiger partial charge in [0.05, 0.1) is 0 Å². The van der Waals surface area contributed by atoms with E-state index in [0.29, 0.717) is 0 Å². The first-order valence-electron chi connectivity index (χ1n) is 8.34. The molecule has 132 valence electrons. The Kier molecular flexibility index (Phi) is 4.48. The maximum absolute atomic E-state index is 5.34. The van der Waals surface area contributed by atoms with Gasteiger partial charge in [0, 0.05) is 0 Å². The molecule has 3 aromatic carbocycles. The molecule has 0 N–H and O–H groups in total. The van der Waals surface area contributed by atoms with Gasteiger partial charge in [0.15, 0.2) is 0 Å². The van der Waals surface area contributed by atoms with E-state index in [1.54, 1.807) is 14.2 Å². The van der Waals surface area contributed by atoms with E-state index in [0.717, 1.165) is 43.6 Å². The Labute approximate surface area is 160 Å². The maximum atomic E-state index is 5.34. The molecular formula is C23H18NiO2. The third-order valence-electron chi connectivity index (χ3n) is 4.61. The van der Waals surface area contributed by atoms with Gasteiger partial charge in [-0.15, -0.1) is 0 Å². The van der Waals surface area contributed by atoms with Crippen LogP contribution in [0.5, 0.6) is 11.5 Å². The molecule has 4 rings (SSSR count). The monoisotopic (exact) mass is 384 g/mol. The number of methoxy groups -OCH3 is 2. The first kappa shape index (κ1) is 16.8. The van der Waals surface area contributed by atoms with Crippen molar-refractivity contribution in [3.63, 3.8) is 0 Å². The van der Waals surface area contributed by atoms with Crippen LogP contribution in [0.3, 0.4) is 0 Å². The summed E-state index contributed by atoms with van der Waals surface area (Å²) in [5.74, 6) is 1.71. The van der Waals surface area contributed by atoms with E-state index in [2.05, 4.69) is 48.6 Å². The fraction of sp³-hybridized carbons (Fsp3) is 0.0870. The van der Waals surface area contributed by atoms with Gasteiger partial charge in [-0.3, -0.25) is 0 Å². The van der Waals surface area contributed by atoms with Crippen LogP contribution >= 0.6 is 0 Å². The Balaban J connectivity index is 1.88. The summed E-state index contributed by atoms with van der Waals surface area (Å²) in [7, 11) is 3.37. The molecule has 3 heteroatoms. The van der Waals surface area contributed by atoms with Crippen LogP contribution in [0.25, 0.3) is 28.5 Å². The van der Waals surface area contributed by atoms with Crippen LogP contribution in [0.15, 0.2) is 60.7 Å². The molecular weight excluding hydrogens is 367 g/mol. The zero-order valence-corrected chi connectivity index (χ0v) is 15.5. The van der Waals surface area contributed by atoms with Crippen LogP contribution in [0.4, 0.5) is 0 Å². The summed E-state index contributed by atoms with van der Waals surface area (Å²) < 4.78 is 11.6. The summed E-state index contributed by atoms with van der Waals surface area (Å²) in [5, 5.41) is 2.33. The number of allylic oxidation sites excluding steroid dienone is 2. The fourth-order valence-corrected chi connectivity index (χ4v) is 3.54. The summed E-state index contributed by atoms with van der Waals surface area (Å²) in [5.41, 5.74) is 4.48. The van der Waals surface area contributed by atoms with Crippen molar-refractivity contribution in [1.29, 1.82) is 0 Å². The van der Waals surface area contributed by atoms with E-state index in [-0.39, 0.29) is 0 Å². The standard InChI is InChI=1S/C23H18O2.Ni/c1-24-20-9-11-22-16(5-3-7-18(22)14-20)13-17-6-4-8-19-15-21(25-2)10-12-23(17)19;/h3-5,7-15H,1-2H3;/b17-13+;. The third-order valence-corrected chi connectivity index (χ3v) is 5.04. The molecule has 1 aliphatic rings. The first-order valence-corrected chi connectivity index (χ1v) is 8.83. The van der Waals surface area contributed by atoms with E-state index in [4.69, 9.17) is 24.5 Å². The molecule has 0 fully saturated rings. The molecule has 0 aromatic heterocycles. The van der Waals surface area contributed by atoms with Gasteiger partial charge in [-0.1, -0.05) is 0 Å². The van der Waals surface area contributed by atoms with Crippen LogP contribution in [-0.4, -0.2) is 18.7 Å². The summed E-state index contributed by atoms with van der Waals surface area (Å²) in [4.78, 5) is 0. The van der Waals surface area contributed by atoms with Gasteiger partial charge < -0.3 is 0 Å². The number of hydrogen-bond acceptors (Lipinski definition) is 2. The van der Waals surface area contributed by atoms with Crippen molar-refractivity contribution < 1.29 is 24.5 Å². The number of benzene rings is 3. The Morgan fingerprint density at radius 2 is 1.62 bits per heavy atom. The molecule has 0 saturated carbocycles. The molecule has 3 aromatic rings. The van der Waals surface area contributed by atoms with E-state index in [1.165, 1.54) is 5.39 Å². The average Bonchev–Trinajstić information content (AvgIpc) is 2.69. The molecule has 0 bridgehead atoms. The summed E-state index contributed by atoms with van der Waals surface area (Å²) >= 11 is 5.27. The van der Waals surface area contributed by atoms with Crippen molar-refractivity contribution in [3.05, 3.63) is 77.4 Å². The van der Waals surface area contributed by atoms with Gasteiger partial charge >= 0.3 is 161 Å². The molecule has 0 aliphatic heterocycles. The minimum absolute atomic E-state index is 0.849. The molecule has 0 spiro atoms. The molecule has 0 unspecified atom stereocenters. The summed E-state index contributed by atoms with van der Waals surface area (Å²) in [6.45, 7) is 0. The van der Waals surface area contributed by atoms with Crippen molar-refractivity contribution in [1.82, 2.24) is 0 Å². The fourth-order valence-electron chi connectivity index (χ4n) is 3.26. The predicted octanol–water partition coefficient (Wildman–Crippen LogP) is 5.14. The first-order chi connectivity index (χ1) is 12.7. The number of rotatable bonds is 3. The Morgan fingerprint density at radius 3 is 2.42 bits per heavy atom. The topological polar surface area (TPSA) is 18.5 Å². The Morgan fingerprint density at radius 1 is 0.846 bits per heavy atom. The molecule has 0 heterocycles. The van der Waals surface area contributed by atoms with Crippen LogP contribution in [-0.2, 0) is 15.0 Å². The van der Waals surface area contributed by atoms with Gasteiger partial charge in [0.1, 0.15) is 0 Å². The van der Waals surface area contributed by atoms with Gasteiger partial charge in [-0.05, 0) is 0 Å². The second-order valence-corrected chi connectivity index (χ2v) is 6.63. The van der Waals surface area contributed by atoms with Gasteiger partial charge in [0.25, 0.3) is 0 Å². The number of ether oxygens (including phenoxy) is 2. The van der Waals surface area contributed by atoms with Crippen LogP contribution in [0, 0.1) is 0 Å².